The molecule has 2 aliphatic heterocycles. The fourth-order valence-electron chi connectivity index (χ4n) is 6.51. The number of carboxylic acid groups (broad SMARTS) is 1. The monoisotopic (exact) mass is 482 g/mol. The van der Waals surface area contributed by atoms with Crippen LogP contribution in [0.2, 0.25) is 5.02 Å². The Balaban J connectivity index is 1.44. The van der Waals surface area contributed by atoms with Crippen molar-refractivity contribution >= 4 is 34.4 Å². The molecule has 0 bridgehead atoms. The second kappa shape index (κ2) is 7.99. The minimum absolute atomic E-state index is 0.0335. The van der Waals surface area contributed by atoms with E-state index < -0.39 is 6.09 Å². The van der Waals surface area contributed by atoms with Gasteiger partial charge in [-0.05, 0) is 63.1 Å². The van der Waals surface area contributed by atoms with E-state index in [4.69, 9.17) is 16.6 Å². The first-order valence-electron chi connectivity index (χ1n) is 12.3. The maximum absolute atomic E-state index is 12.0. The summed E-state index contributed by atoms with van der Waals surface area (Å²) in [7, 11) is 0. The van der Waals surface area contributed by atoms with Crippen molar-refractivity contribution in [2.45, 2.75) is 70.5 Å². The first-order valence-corrected chi connectivity index (χ1v) is 12.7. The Morgan fingerprint density at radius 3 is 2.88 bits per heavy atom. The molecule has 1 amide bonds. The summed E-state index contributed by atoms with van der Waals surface area (Å²) in [5, 5.41) is 18.4. The Morgan fingerprint density at radius 1 is 1.38 bits per heavy atom. The quantitative estimate of drug-likeness (QED) is 0.556. The smallest absolute Gasteiger partial charge is 0.412 e. The van der Waals surface area contributed by atoms with Crippen LogP contribution in [0, 0.1) is 5.41 Å². The number of aromatic nitrogens is 4. The largest absolute Gasteiger partial charge is 0.465 e. The van der Waals surface area contributed by atoms with Crippen molar-refractivity contribution in [3.05, 3.63) is 40.9 Å². The number of nitrogens with zero attached hydrogens (tertiary/aromatic N) is 5. The molecule has 0 radical (unpaired) electrons. The van der Waals surface area contributed by atoms with Crippen molar-refractivity contribution < 1.29 is 9.90 Å². The first kappa shape index (κ1) is 21.9. The van der Waals surface area contributed by atoms with Gasteiger partial charge in [0.05, 0.1) is 34.5 Å². The van der Waals surface area contributed by atoms with E-state index in [9.17, 15) is 9.90 Å². The highest BCUT2D eigenvalue weighted by Crippen LogP contribution is 2.54. The van der Waals surface area contributed by atoms with Gasteiger partial charge in [0.15, 0.2) is 0 Å². The van der Waals surface area contributed by atoms with Crippen LogP contribution in [0.15, 0.2) is 24.5 Å². The summed E-state index contributed by atoms with van der Waals surface area (Å²) in [6.45, 7) is 7.07. The van der Waals surface area contributed by atoms with Crippen molar-refractivity contribution in [1.29, 1.82) is 0 Å². The van der Waals surface area contributed by atoms with Crippen LogP contribution < -0.4 is 10.2 Å². The van der Waals surface area contributed by atoms with Gasteiger partial charge in [-0.15, -0.1) is 0 Å². The molecule has 34 heavy (non-hydrogen) atoms. The molecule has 0 unspecified atom stereocenters. The Bertz CT molecular complexity index is 1250. The molecule has 2 N–H and O–H groups in total. The molecule has 8 nitrogen and oxygen atoms in total. The van der Waals surface area contributed by atoms with Gasteiger partial charge < -0.3 is 15.0 Å². The lowest BCUT2D eigenvalue weighted by Crippen LogP contribution is -2.41. The van der Waals surface area contributed by atoms with E-state index >= 15 is 0 Å². The highest BCUT2D eigenvalue weighted by atomic mass is 35.5. The Kier molecular flexibility index (Phi) is 5.15. The van der Waals surface area contributed by atoms with Crippen LogP contribution in [-0.2, 0) is 13.0 Å². The van der Waals surface area contributed by atoms with Gasteiger partial charge in [-0.2, -0.15) is 5.10 Å². The zero-order valence-corrected chi connectivity index (χ0v) is 20.4. The highest BCUT2D eigenvalue weighted by Gasteiger charge is 2.48. The van der Waals surface area contributed by atoms with Crippen LogP contribution in [0.5, 0.6) is 0 Å². The number of carbonyl (C=O) groups is 1. The zero-order valence-electron chi connectivity index (χ0n) is 19.7. The van der Waals surface area contributed by atoms with Gasteiger partial charge in [0.2, 0.25) is 0 Å². The Morgan fingerprint density at radius 2 is 2.21 bits per heavy atom. The van der Waals surface area contributed by atoms with Crippen molar-refractivity contribution in [2.24, 2.45) is 5.41 Å². The van der Waals surface area contributed by atoms with Gasteiger partial charge in [-0.1, -0.05) is 18.5 Å². The zero-order chi connectivity index (χ0) is 23.6. The third-order valence-corrected chi connectivity index (χ3v) is 8.42. The molecule has 1 aliphatic carbocycles. The number of hydrogen-bond acceptors (Lipinski definition) is 4. The lowest BCUT2D eigenvalue weighted by molar-refractivity contribution is 0.0838. The second-order valence-electron chi connectivity index (χ2n) is 10.6. The van der Waals surface area contributed by atoms with E-state index in [1.807, 2.05) is 23.9 Å². The maximum Gasteiger partial charge on any atom is 0.412 e. The molecule has 1 saturated carbocycles. The molecule has 180 valence electrons. The van der Waals surface area contributed by atoms with E-state index in [1.54, 1.807) is 6.20 Å². The van der Waals surface area contributed by atoms with E-state index in [0.29, 0.717) is 23.0 Å². The third-order valence-electron chi connectivity index (χ3n) is 8.23. The van der Waals surface area contributed by atoms with Crippen LogP contribution in [0.1, 0.15) is 62.9 Å². The number of hydrogen-bond donors (Lipinski definition) is 2. The van der Waals surface area contributed by atoms with Gasteiger partial charge >= 0.3 is 6.09 Å². The van der Waals surface area contributed by atoms with Gasteiger partial charge in [-0.25, -0.2) is 9.78 Å². The summed E-state index contributed by atoms with van der Waals surface area (Å²) < 4.78 is 4.33. The molecule has 6 rings (SSSR count). The summed E-state index contributed by atoms with van der Waals surface area (Å²) in [5.41, 5.74) is 4.35. The molecule has 2 aromatic heterocycles. The molecule has 1 spiro atoms. The topological polar surface area (TPSA) is 88.2 Å². The van der Waals surface area contributed by atoms with Crippen LogP contribution in [-0.4, -0.2) is 49.7 Å². The fourth-order valence-corrected chi connectivity index (χ4v) is 6.66. The van der Waals surface area contributed by atoms with E-state index in [1.165, 1.54) is 11.3 Å². The normalized spacial score (nSPS) is 27.2. The van der Waals surface area contributed by atoms with Crippen LogP contribution in [0.3, 0.4) is 0 Å². The number of aryl methyl sites for hydroxylation is 1. The fraction of sp³-hybridized carbons (Fsp3) is 0.560. The first-order chi connectivity index (χ1) is 16.3. The van der Waals surface area contributed by atoms with Crippen molar-refractivity contribution in [2.75, 3.05) is 18.0 Å². The van der Waals surface area contributed by atoms with Gasteiger partial charge in [-0.3, -0.25) is 9.58 Å². The third kappa shape index (κ3) is 3.41. The molecule has 4 heterocycles. The molecule has 1 aromatic carbocycles. The Labute approximate surface area is 203 Å². The van der Waals surface area contributed by atoms with Crippen molar-refractivity contribution in [1.82, 2.24) is 24.6 Å². The van der Waals surface area contributed by atoms with Crippen molar-refractivity contribution in [3.8, 4) is 0 Å². The Hall–Kier alpha value is -2.58. The number of halogens is 1. The van der Waals surface area contributed by atoms with Crippen molar-refractivity contribution in [3.63, 3.8) is 0 Å². The maximum atomic E-state index is 12.0. The number of imidazole rings is 1. The predicted molar refractivity (Wildman–Crippen MR) is 132 cm³/mol. The van der Waals surface area contributed by atoms with E-state index in [-0.39, 0.29) is 12.0 Å². The van der Waals surface area contributed by atoms with E-state index in [0.717, 1.165) is 66.9 Å². The van der Waals surface area contributed by atoms with Gasteiger partial charge in [0.25, 0.3) is 0 Å². The van der Waals surface area contributed by atoms with Crippen LogP contribution in [0.4, 0.5) is 10.5 Å². The molecule has 3 aromatic rings. The molecule has 3 aliphatic rings. The lowest BCUT2D eigenvalue weighted by Gasteiger charge is -2.46. The average molecular weight is 483 g/mol. The molecule has 2 fully saturated rings. The SMILES string of the molecule is C[C@H](Cn1cc(Cl)cn1)c1nc2c3c(ccc2n1C1CC2(CCNC2)C1)N(C(=O)O)[C@@H](C)CC3. The van der Waals surface area contributed by atoms with Gasteiger partial charge in [0, 0.05) is 36.3 Å². The molecule has 9 heteroatoms. The summed E-state index contributed by atoms with van der Waals surface area (Å²) in [6.07, 6.45) is 7.83. The van der Waals surface area contributed by atoms with Crippen LogP contribution >= 0.6 is 11.6 Å². The minimum Gasteiger partial charge on any atom is -0.465 e. The molecular formula is C25H31ClN6O2. The minimum atomic E-state index is -0.897. The number of rotatable bonds is 4. The highest BCUT2D eigenvalue weighted by molar-refractivity contribution is 6.30. The number of amides is 1. The number of anilines is 1. The molecule has 1 saturated heterocycles. The standard InChI is InChI=1S/C25H31ClN6O2/c1-15(12-30-13-17(26)11-28-30)23-29-22-19-4-3-16(2)31(24(33)34)20(19)5-6-21(22)32(23)18-9-25(10-18)7-8-27-14-25/h5-6,11,13,15-16,18,27H,3-4,7-10,12,14H2,1-2H3,(H,33,34)/t15-,16+,18?,25?/m1/s1. The number of nitrogens with one attached hydrogen (secondary N) is 1. The molecular weight excluding hydrogens is 452 g/mol. The summed E-state index contributed by atoms with van der Waals surface area (Å²) in [5.74, 6) is 1.19. The summed E-state index contributed by atoms with van der Waals surface area (Å²) >= 11 is 6.10. The number of fused-ring (bicyclic) bond motifs is 3. The van der Waals surface area contributed by atoms with Crippen LogP contribution in [0.25, 0.3) is 11.0 Å². The molecule has 2 atom stereocenters. The van der Waals surface area contributed by atoms with Gasteiger partial charge in [0.1, 0.15) is 5.82 Å². The summed E-state index contributed by atoms with van der Waals surface area (Å²) in [6, 6.07) is 4.47. The predicted octanol–water partition coefficient (Wildman–Crippen LogP) is 4.82. The average Bonchev–Trinajstić information content (AvgIpc) is 3.50. The number of benzene rings is 1. The van der Waals surface area contributed by atoms with E-state index in [2.05, 4.69) is 28.0 Å². The summed E-state index contributed by atoms with van der Waals surface area (Å²) in [4.78, 5) is 18.8. The lowest BCUT2D eigenvalue weighted by atomic mass is 9.64. The second-order valence-corrected chi connectivity index (χ2v) is 11.0.